The van der Waals surface area contributed by atoms with Gasteiger partial charge in [0, 0.05) is 19.3 Å². The van der Waals surface area contributed by atoms with Crippen molar-refractivity contribution in [3.8, 4) is 11.4 Å². The second-order valence-corrected chi connectivity index (χ2v) is 9.72. The fourth-order valence-electron chi connectivity index (χ4n) is 5.02. The second kappa shape index (κ2) is 8.93. The van der Waals surface area contributed by atoms with E-state index in [1.807, 2.05) is 42.0 Å². The van der Waals surface area contributed by atoms with Crippen LogP contribution in [0.3, 0.4) is 0 Å². The molecular weight excluding hydrogens is 457 g/mol. The van der Waals surface area contributed by atoms with E-state index in [0.717, 1.165) is 42.0 Å². The van der Waals surface area contributed by atoms with E-state index in [4.69, 9.17) is 9.73 Å². The van der Waals surface area contributed by atoms with Gasteiger partial charge in [-0.3, -0.25) is 9.69 Å². The van der Waals surface area contributed by atoms with Gasteiger partial charge in [-0.25, -0.2) is 14.4 Å². The number of fused-ring (bicyclic) bond motifs is 1. The summed E-state index contributed by atoms with van der Waals surface area (Å²) in [5.41, 5.74) is 3.93. The lowest BCUT2D eigenvalue weighted by molar-refractivity contribution is -0.125. The quantitative estimate of drug-likeness (QED) is 0.474. The van der Waals surface area contributed by atoms with Gasteiger partial charge in [0.25, 0.3) is 5.91 Å². The Hall–Kier alpha value is -3.94. The van der Waals surface area contributed by atoms with Crippen LogP contribution in [0.5, 0.6) is 5.75 Å². The van der Waals surface area contributed by atoms with E-state index in [1.54, 1.807) is 30.5 Å². The van der Waals surface area contributed by atoms with E-state index in [2.05, 4.69) is 9.88 Å². The Labute approximate surface area is 209 Å². The maximum absolute atomic E-state index is 13.7. The molecule has 0 spiro atoms. The largest absolute Gasteiger partial charge is 0.495 e. The van der Waals surface area contributed by atoms with Crippen LogP contribution in [-0.4, -0.2) is 51.4 Å². The van der Waals surface area contributed by atoms with Gasteiger partial charge in [-0.2, -0.15) is 0 Å². The average Bonchev–Trinajstić information content (AvgIpc) is 3.51. The normalized spacial score (nSPS) is 20.6. The molecule has 1 amide bonds. The molecule has 36 heavy (non-hydrogen) atoms. The molecule has 1 aromatic heterocycles. The number of carbonyl (C=O) groups excluding carboxylic acids is 1. The Kier molecular flexibility index (Phi) is 5.59. The van der Waals surface area contributed by atoms with Crippen molar-refractivity contribution >= 4 is 17.9 Å². The van der Waals surface area contributed by atoms with E-state index in [1.165, 1.54) is 25.0 Å². The van der Waals surface area contributed by atoms with Gasteiger partial charge in [-0.1, -0.05) is 18.2 Å². The topological polar surface area (TPSA) is 63.0 Å². The second-order valence-electron chi connectivity index (χ2n) is 9.72. The van der Waals surface area contributed by atoms with Gasteiger partial charge in [-0.15, -0.1) is 0 Å². The van der Waals surface area contributed by atoms with Crippen LogP contribution in [0, 0.1) is 18.7 Å². The summed E-state index contributed by atoms with van der Waals surface area (Å²) in [5, 5.41) is 0. The van der Waals surface area contributed by atoms with Gasteiger partial charge in [0.05, 0.1) is 30.9 Å². The molecule has 1 saturated carbocycles. The minimum atomic E-state index is -0.282. The molecule has 0 radical (unpaired) electrons. The lowest BCUT2D eigenvalue weighted by atomic mass is 9.99. The zero-order valence-corrected chi connectivity index (χ0v) is 20.4. The lowest BCUT2D eigenvalue weighted by Crippen LogP contribution is -2.51. The molecule has 3 aromatic rings. The molecule has 6 rings (SSSR count). The fraction of sp³-hybridized carbons (Fsp3) is 0.321. The number of methoxy groups -OCH3 is 1. The summed E-state index contributed by atoms with van der Waals surface area (Å²) in [6.07, 6.45) is 8.73. The summed E-state index contributed by atoms with van der Waals surface area (Å²) in [4.78, 5) is 26.8. The highest BCUT2D eigenvalue weighted by Gasteiger charge is 2.43. The number of amides is 1. The van der Waals surface area contributed by atoms with Crippen molar-refractivity contribution < 1.29 is 13.9 Å². The van der Waals surface area contributed by atoms with Crippen molar-refractivity contribution in [2.75, 3.05) is 20.2 Å². The molecule has 0 unspecified atom stereocenters. The van der Waals surface area contributed by atoms with E-state index in [-0.39, 0.29) is 17.8 Å². The molecule has 0 N–H and O–H groups in total. The Bertz CT molecular complexity index is 1370. The highest BCUT2D eigenvalue weighted by molar-refractivity contribution is 6.14. The number of halogens is 1. The van der Waals surface area contributed by atoms with E-state index in [9.17, 15) is 9.18 Å². The number of aliphatic imine (C=N–C) groups is 1. The maximum atomic E-state index is 13.7. The first kappa shape index (κ1) is 22.5. The predicted octanol–water partition coefficient (Wildman–Crippen LogP) is 4.72. The standard InChI is InChI=1S/C28H28FN5O2/c1-18-15-33(17-30-18)25-10-5-20(14-26(25)36-2)13-23-27(35)34-24(21-6-8-22(29)9-7-21)11-12-32(28(34)31-23)16-19-3-4-19/h5-10,13-15,17,19,24H,3-4,11-12,16H2,1-2H3/b23-13-/t24-/m1/s1. The van der Waals surface area contributed by atoms with Gasteiger partial charge in [0.1, 0.15) is 17.3 Å². The van der Waals surface area contributed by atoms with Crippen molar-refractivity contribution in [1.82, 2.24) is 19.4 Å². The van der Waals surface area contributed by atoms with Crippen molar-refractivity contribution in [2.24, 2.45) is 10.9 Å². The number of rotatable bonds is 6. The summed E-state index contributed by atoms with van der Waals surface area (Å²) < 4.78 is 21.1. The number of aryl methyl sites for hydroxylation is 1. The summed E-state index contributed by atoms with van der Waals surface area (Å²) in [7, 11) is 1.63. The molecule has 3 heterocycles. The van der Waals surface area contributed by atoms with Gasteiger partial charge < -0.3 is 14.2 Å². The van der Waals surface area contributed by atoms with Crippen LogP contribution < -0.4 is 4.74 Å². The molecule has 0 bridgehead atoms. The Balaban J connectivity index is 1.35. The zero-order valence-electron chi connectivity index (χ0n) is 20.4. The Morgan fingerprint density at radius 1 is 1.14 bits per heavy atom. The smallest absolute Gasteiger partial charge is 0.279 e. The van der Waals surface area contributed by atoms with Crippen LogP contribution >= 0.6 is 0 Å². The first-order valence-electron chi connectivity index (χ1n) is 12.3. The number of ether oxygens (including phenoxy) is 1. The third-order valence-electron chi connectivity index (χ3n) is 7.07. The SMILES string of the molecule is COc1cc(/C=C2\N=C3N(CC4CC4)CC[C@H](c4ccc(F)cc4)N3C2=O)ccc1-n1cnc(C)c1. The van der Waals surface area contributed by atoms with Gasteiger partial charge in [0.15, 0.2) is 0 Å². The number of imidazole rings is 1. The van der Waals surface area contributed by atoms with E-state index < -0.39 is 0 Å². The van der Waals surface area contributed by atoms with Gasteiger partial charge in [-0.05, 0) is 73.6 Å². The summed E-state index contributed by atoms with van der Waals surface area (Å²) in [6, 6.07) is 12.1. The van der Waals surface area contributed by atoms with Crippen molar-refractivity contribution in [3.05, 3.63) is 83.3 Å². The van der Waals surface area contributed by atoms with Crippen molar-refractivity contribution in [3.63, 3.8) is 0 Å². The van der Waals surface area contributed by atoms with E-state index >= 15 is 0 Å². The Morgan fingerprint density at radius 2 is 1.94 bits per heavy atom. The molecule has 2 fully saturated rings. The predicted molar refractivity (Wildman–Crippen MR) is 135 cm³/mol. The molecule has 7 nitrogen and oxygen atoms in total. The third-order valence-corrected chi connectivity index (χ3v) is 7.07. The van der Waals surface area contributed by atoms with Crippen LogP contribution in [0.1, 0.15) is 42.1 Å². The van der Waals surface area contributed by atoms with Crippen LogP contribution in [0.15, 0.2) is 65.7 Å². The molecule has 1 aliphatic carbocycles. The number of guanidine groups is 1. The average molecular weight is 486 g/mol. The minimum absolute atomic E-state index is 0.131. The van der Waals surface area contributed by atoms with Crippen molar-refractivity contribution in [2.45, 2.75) is 32.2 Å². The van der Waals surface area contributed by atoms with Crippen LogP contribution in [0.4, 0.5) is 4.39 Å². The van der Waals surface area contributed by atoms with Crippen LogP contribution in [0.25, 0.3) is 11.8 Å². The molecule has 1 atom stereocenters. The molecular formula is C28H28FN5O2. The molecule has 3 aliphatic rings. The summed E-state index contributed by atoms with van der Waals surface area (Å²) in [5.74, 6) is 1.64. The first-order valence-corrected chi connectivity index (χ1v) is 12.3. The van der Waals surface area contributed by atoms with Crippen LogP contribution in [-0.2, 0) is 4.79 Å². The minimum Gasteiger partial charge on any atom is -0.495 e. The molecule has 2 aromatic carbocycles. The number of aromatic nitrogens is 2. The molecule has 8 heteroatoms. The molecule has 184 valence electrons. The highest BCUT2D eigenvalue weighted by Crippen LogP contribution is 2.38. The van der Waals surface area contributed by atoms with Gasteiger partial charge in [0.2, 0.25) is 5.96 Å². The third kappa shape index (κ3) is 4.17. The van der Waals surface area contributed by atoms with Crippen LogP contribution in [0.2, 0.25) is 0 Å². The zero-order chi connectivity index (χ0) is 24.8. The lowest BCUT2D eigenvalue weighted by Gasteiger charge is -2.40. The summed E-state index contributed by atoms with van der Waals surface area (Å²) in [6.45, 7) is 3.67. The Morgan fingerprint density at radius 3 is 2.64 bits per heavy atom. The number of nitrogens with zero attached hydrogens (tertiary/aromatic N) is 5. The molecule has 1 saturated heterocycles. The number of hydrogen-bond acceptors (Lipinski definition) is 5. The number of hydrogen-bond donors (Lipinski definition) is 0. The maximum Gasteiger partial charge on any atom is 0.279 e. The highest BCUT2D eigenvalue weighted by atomic mass is 19.1. The fourth-order valence-corrected chi connectivity index (χ4v) is 5.02. The number of benzene rings is 2. The summed E-state index contributed by atoms with van der Waals surface area (Å²) >= 11 is 0. The monoisotopic (exact) mass is 485 g/mol. The van der Waals surface area contributed by atoms with Gasteiger partial charge >= 0.3 is 0 Å². The first-order chi connectivity index (χ1) is 17.5. The number of carbonyl (C=O) groups is 1. The molecule has 2 aliphatic heterocycles. The van der Waals surface area contributed by atoms with Crippen molar-refractivity contribution in [1.29, 1.82) is 0 Å². The van der Waals surface area contributed by atoms with E-state index in [0.29, 0.717) is 23.3 Å².